The van der Waals surface area contributed by atoms with E-state index in [1.165, 1.54) is 23.0 Å². The lowest BCUT2D eigenvalue weighted by molar-refractivity contribution is -0.136. The Bertz CT molecular complexity index is 1440. The molecule has 2 heterocycles. The summed E-state index contributed by atoms with van der Waals surface area (Å²) in [6, 6.07) is 11.7. The standard InChI is InChI=1S/C24H21ClN2O5S/c1-13-20(23(29)32-4)21(15-6-8-16(25)9-7-15)27-22(28)19(33-24(27)26-13)12-14-5-10-17(30-2)18(11-14)31-3/h5-12,21H,1-4H3. The number of nitrogens with zero attached hydrogens (tertiary/aromatic N) is 2. The summed E-state index contributed by atoms with van der Waals surface area (Å²) in [6.45, 7) is 1.74. The SMILES string of the molecule is COC(=O)C1=C(C)N=c2sc(=Cc3ccc(OC)c(OC)c3)c(=O)n2C1c1ccc(Cl)cc1. The van der Waals surface area contributed by atoms with E-state index in [0.29, 0.717) is 37.1 Å². The van der Waals surface area contributed by atoms with Gasteiger partial charge in [0, 0.05) is 5.02 Å². The van der Waals surface area contributed by atoms with Crippen LogP contribution in [0.5, 0.6) is 11.5 Å². The molecule has 170 valence electrons. The Morgan fingerprint density at radius 1 is 1.09 bits per heavy atom. The van der Waals surface area contributed by atoms with Gasteiger partial charge in [-0.1, -0.05) is 41.1 Å². The van der Waals surface area contributed by atoms with Crippen LogP contribution in [0.3, 0.4) is 0 Å². The predicted molar refractivity (Wildman–Crippen MR) is 127 cm³/mol. The molecule has 2 aromatic carbocycles. The molecule has 0 radical (unpaired) electrons. The van der Waals surface area contributed by atoms with E-state index in [4.69, 9.17) is 25.8 Å². The molecule has 7 nitrogen and oxygen atoms in total. The van der Waals surface area contributed by atoms with E-state index in [1.807, 2.05) is 6.07 Å². The minimum absolute atomic E-state index is 0.262. The lowest BCUT2D eigenvalue weighted by atomic mass is 9.96. The zero-order chi connectivity index (χ0) is 23.7. The maximum Gasteiger partial charge on any atom is 0.338 e. The molecule has 1 aliphatic rings. The lowest BCUT2D eigenvalue weighted by Gasteiger charge is -2.24. The molecule has 0 aliphatic carbocycles. The molecule has 1 aliphatic heterocycles. The summed E-state index contributed by atoms with van der Waals surface area (Å²) in [4.78, 5) is 31.2. The number of esters is 1. The lowest BCUT2D eigenvalue weighted by Crippen LogP contribution is -2.39. The molecule has 0 N–H and O–H groups in total. The molecule has 0 fully saturated rings. The molecular formula is C24H21ClN2O5S. The molecule has 0 saturated heterocycles. The van der Waals surface area contributed by atoms with Crippen molar-refractivity contribution in [3.63, 3.8) is 0 Å². The zero-order valence-electron chi connectivity index (χ0n) is 18.4. The predicted octanol–water partition coefficient (Wildman–Crippen LogP) is 3.08. The highest BCUT2D eigenvalue weighted by molar-refractivity contribution is 7.07. The van der Waals surface area contributed by atoms with E-state index >= 15 is 0 Å². The average Bonchev–Trinajstić information content (AvgIpc) is 3.12. The van der Waals surface area contributed by atoms with Gasteiger partial charge in [-0.25, -0.2) is 9.79 Å². The quantitative estimate of drug-likeness (QED) is 0.520. The number of halogens is 1. The van der Waals surface area contributed by atoms with Gasteiger partial charge in [0.2, 0.25) is 0 Å². The first-order chi connectivity index (χ1) is 15.9. The van der Waals surface area contributed by atoms with Crippen molar-refractivity contribution in [2.45, 2.75) is 13.0 Å². The fourth-order valence-electron chi connectivity index (χ4n) is 3.75. The normalized spacial score (nSPS) is 15.7. The number of methoxy groups -OCH3 is 3. The van der Waals surface area contributed by atoms with Crippen LogP contribution in [0.2, 0.25) is 5.02 Å². The fourth-order valence-corrected chi connectivity index (χ4v) is 4.92. The van der Waals surface area contributed by atoms with Gasteiger partial charge in [0.05, 0.1) is 43.2 Å². The zero-order valence-corrected chi connectivity index (χ0v) is 20.0. The number of aromatic nitrogens is 1. The number of rotatable bonds is 5. The van der Waals surface area contributed by atoms with Crippen molar-refractivity contribution in [2.75, 3.05) is 21.3 Å². The highest BCUT2D eigenvalue weighted by atomic mass is 35.5. The smallest absolute Gasteiger partial charge is 0.338 e. The molecule has 33 heavy (non-hydrogen) atoms. The van der Waals surface area contributed by atoms with Gasteiger partial charge >= 0.3 is 5.97 Å². The number of carbonyl (C=O) groups is 1. The molecule has 1 aromatic heterocycles. The van der Waals surface area contributed by atoms with Crippen molar-refractivity contribution >= 4 is 35.0 Å². The van der Waals surface area contributed by atoms with E-state index < -0.39 is 12.0 Å². The van der Waals surface area contributed by atoms with Gasteiger partial charge in [-0.3, -0.25) is 9.36 Å². The van der Waals surface area contributed by atoms with Crippen LogP contribution in [-0.4, -0.2) is 31.9 Å². The van der Waals surface area contributed by atoms with Crippen LogP contribution >= 0.6 is 22.9 Å². The van der Waals surface area contributed by atoms with E-state index in [1.54, 1.807) is 63.6 Å². The first-order valence-corrected chi connectivity index (χ1v) is 11.2. The molecule has 4 rings (SSSR count). The number of carbonyl (C=O) groups excluding carboxylic acids is 1. The van der Waals surface area contributed by atoms with Gasteiger partial charge in [-0.05, 0) is 48.4 Å². The van der Waals surface area contributed by atoms with Gasteiger partial charge in [-0.2, -0.15) is 0 Å². The van der Waals surface area contributed by atoms with Crippen LogP contribution in [0, 0.1) is 0 Å². The summed E-state index contributed by atoms with van der Waals surface area (Å²) >= 11 is 7.32. The van der Waals surface area contributed by atoms with Crippen LogP contribution in [-0.2, 0) is 9.53 Å². The van der Waals surface area contributed by atoms with Crippen LogP contribution in [0.25, 0.3) is 6.08 Å². The Morgan fingerprint density at radius 2 is 1.79 bits per heavy atom. The average molecular weight is 485 g/mol. The third kappa shape index (κ3) is 4.19. The van der Waals surface area contributed by atoms with Crippen LogP contribution in [0.1, 0.15) is 24.1 Å². The van der Waals surface area contributed by atoms with Crippen molar-refractivity contribution in [2.24, 2.45) is 4.99 Å². The van der Waals surface area contributed by atoms with E-state index in [2.05, 4.69) is 4.99 Å². The molecule has 0 bridgehead atoms. The highest BCUT2D eigenvalue weighted by Gasteiger charge is 2.33. The van der Waals surface area contributed by atoms with Crippen molar-refractivity contribution < 1.29 is 19.0 Å². The van der Waals surface area contributed by atoms with Crippen molar-refractivity contribution in [1.29, 1.82) is 0 Å². The monoisotopic (exact) mass is 484 g/mol. The molecule has 3 aromatic rings. The molecule has 0 spiro atoms. The second kappa shape index (κ2) is 9.25. The summed E-state index contributed by atoms with van der Waals surface area (Å²) in [5.41, 5.74) is 2.05. The Hall–Kier alpha value is -3.36. The minimum Gasteiger partial charge on any atom is -0.493 e. The molecule has 1 unspecified atom stereocenters. The number of benzene rings is 2. The number of ether oxygens (including phenoxy) is 3. The molecule has 9 heteroatoms. The number of hydrogen-bond acceptors (Lipinski definition) is 7. The number of fused-ring (bicyclic) bond motifs is 1. The van der Waals surface area contributed by atoms with Gasteiger partial charge in [0.25, 0.3) is 5.56 Å². The molecule has 1 atom stereocenters. The first kappa shape index (κ1) is 22.8. The Balaban J connectivity index is 1.93. The van der Waals surface area contributed by atoms with Crippen LogP contribution in [0.15, 0.2) is 63.5 Å². The number of allylic oxidation sites excluding steroid dienone is 1. The van der Waals surface area contributed by atoms with Crippen molar-refractivity contribution in [1.82, 2.24) is 4.57 Å². The third-order valence-corrected chi connectivity index (χ3v) is 6.55. The second-order valence-electron chi connectivity index (χ2n) is 7.24. The van der Waals surface area contributed by atoms with E-state index in [9.17, 15) is 9.59 Å². The largest absolute Gasteiger partial charge is 0.493 e. The summed E-state index contributed by atoms with van der Waals surface area (Å²) in [7, 11) is 4.43. The third-order valence-electron chi connectivity index (χ3n) is 5.32. The minimum atomic E-state index is -0.682. The summed E-state index contributed by atoms with van der Waals surface area (Å²) in [6.07, 6.45) is 1.77. The van der Waals surface area contributed by atoms with E-state index in [0.717, 1.165) is 11.1 Å². The topological polar surface area (TPSA) is 79.1 Å². The Kier molecular flexibility index (Phi) is 6.40. The van der Waals surface area contributed by atoms with Crippen molar-refractivity contribution in [3.8, 4) is 11.5 Å². The van der Waals surface area contributed by atoms with Crippen molar-refractivity contribution in [3.05, 3.63) is 89.6 Å². The van der Waals surface area contributed by atoms with Crippen LogP contribution in [0.4, 0.5) is 0 Å². The Labute approximate surface area is 198 Å². The molecule has 0 amide bonds. The summed E-state index contributed by atoms with van der Waals surface area (Å²) in [5, 5.41) is 0.555. The summed E-state index contributed by atoms with van der Waals surface area (Å²) < 4.78 is 17.7. The molecular weight excluding hydrogens is 464 g/mol. The van der Waals surface area contributed by atoms with Gasteiger partial charge in [-0.15, -0.1) is 0 Å². The molecule has 0 saturated carbocycles. The van der Waals surface area contributed by atoms with Gasteiger partial charge in [0.15, 0.2) is 16.3 Å². The Morgan fingerprint density at radius 3 is 2.42 bits per heavy atom. The number of hydrogen-bond donors (Lipinski definition) is 0. The highest BCUT2D eigenvalue weighted by Crippen LogP contribution is 2.31. The van der Waals surface area contributed by atoms with Gasteiger partial charge < -0.3 is 14.2 Å². The fraction of sp³-hybridized carbons (Fsp3) is 0.208. The summed E-state index contributed by atoms with van der Waals surface area (Å²) in [5.74, 6) is 0.615. The maximum atomic E-state index is 13.5. The maximum absolute atomic E-state index is 13.5. The van der Waals surface area contributed by atoms with Crippen LogP contribution < -0.4 is 24.4 Å². The first-order valence-electron chi connectivity index (χ1n) is 9.96. The van der Waals surface area contributed by atoms with Gasteiger partial charge in [0.1, 0.15) is 0 Å². The van der Waals surface area contributed by atoms with E-state index in [-0.39, 0.29) is 5.56 Å². The number of thiazole rings is 1. The second-order valence-corrected chi connectivity index (χ2v) is 8.68.